The van der Waals surface area contributed by atoms with Gasteiger partial charge in [-0.3, -0.25) is 9.59 Å². The summed E-state index contributed by atoms with van der Waals surface area (Å²) in [6, 6.07) is 6.85. The smallest absolute Gasteiger partial charge is 0.247 e. The topological polar surface area (TPSA) is 58.2 Å². The number of nitrogens with one attached hydrogen (secondary N) is 2. The number of carbonyl (C=O) groups excluding carboxylic acids is 2. The van der Waals surface area contributed by atoms with E-state index in [9.17, 15) is 9.59 Å². The maximum absolute atomic E-state index is 12.3. The summed E-state index contributed by atoms with van der Waals surface area (Å²) in [6.07, 6.45) is 0.424. The van der Waals surface area contributed by atoms with E-state index in [2.05, 4.69) is 26.6 Å². The molecule has 0 fully saturated rings. The lowest BCUT2D eigenvalue weighted by atomic mass is 10.0. The van der Waals surface area contributed by atoms with Crippen molar-refractivity contribution in [2.75, 3.05) is 5.32 Å². The molecule has 0 heterocycles. The second kappa shape index (κ2) is 8.17. The van der Waals surface area contributed by atoms with Crippen LogP contribution >= 0.6 is 15.9 Å². The molecule has 1 aromatic carbocycles. The van der Waals surface area contributed by atoms with Gasteiger partial charge in [0.1, 0.15) is 6.04 Å². The van der Waals surface area contributed by atoms with Crippen LogP contribution in [0.2, 0.25) is 0 Å². The third-order valence-electron chi connectivity index (χ3n) is 2.95. The van der Waals surface area contributed by atoms with Gasteiger partial charge in [0.25, 0.3) is 0 Å². The highest BCUT2D eigenvalue weighted by Gasteiger charge is 2.24. The van der Waals surface area contributed by atoms with E-state index in [0.717, 1.165) is 4.47 Å². The molecule has 0 saturated carbocycles. The van der Waals surface area contributed by atoms with E-state index in [0.29, 0.717) is 12.1 Å². The van der Waals surface area contributed by atoms with Gasteiger partial charge in [0.15, 0.2) is 0 Å². The van der Waals surface area contributed by atoms with Crippen LogP contribution in [-0.2, 0) is 9.59 Å². The van der Waals surface area contributed by atoms with Crippen LogP contribution in [0, 0.1) is 11.8 Å². The Morgan fingerprint density at radius 1 is 1.19 bits per heavy atom. The van der Waals surface area contributed by atoms with Gasteiger partial charge in [-0.15, -0.1) is 0 Å². The lowest BCUT2D eigenvalue weighted by Gasteiger charge is -2.22. The first-order valence-corrected chi connectivity index (χ1v) is 7.94. The zero-order chi connectivity index (χ0) is 16.0. The minimum atomic E-state index is -0.532. The van der Waals surface area contributed by atoms with Crippen molar-refractivity contribution in [3.8, 4) is 0 Å². The molecule has 0 radical (unpaired) electrons. The fraction of sp³-hybridized carbons (Fsp3) is 0.500. The predicted molar refractivity (Wildman–Crippen MR) is 89.0 cm³/mol. The standard InChI is InChI=1S/C16H23BrN2O2/c1-10(2)8-14(20)19-15(11(3)4)16(21)18-13-7-5-6-12(17)9-13/h5-7,9-11,15H,8H2,1-4H3,(H,18,21)(H,19,20). The van der Waals surface area contributed by atoms with Gasteiger partial charge in [-0.2, -0.15) is 0 Å². The monoisotopic (exact) mass is 354 g/mol. The number of hydrogen-bond donors (Lipinski definition) is 2. The molecule has 1 atom stereocenters. The molecule has 2 N–H and O–H groups in total. The third-order valence-corrected chi connectivity index (χ3v) is 3.44. The van der Waals surface area contributed by atoms with Gasteiger partial charge in [-0.25, -0.2) is 0 Å². The molecule has 5 heteroatoms. The van der Waals surface area contributed by atoms with Crippen molar-refractivity contribution >= 4 is 33.4 Å². The van der Waals surface area contributed by atoms with Gasteiger partial charge in [-0.05, 0) is 30.0 Å². The van der Waals surface area contributed by atoms with Gasteiger partial charge in [0, 0.05) is 16.6 Å². The fourth-order valence-corrected chi connectivity index (χ4v) is 2.32. The van der Waals surface area contributed by atoms with E-state index in [1.165, 1.54) is 0 Å². The van der Waals surface area contributed by atoms with Gasteiger partial charge in [-0.1, -0.05) is 49.7 Å². The molecule has 4 nitrogen and oxygen atoms in total. The molecule has 116 valence electrons. The average Bonchev–Trinajstić information content (AvgIpc) is 2.34. The zero-order valence-electron chi connectivity index (χ0n) is 12.9. The molecule has 1 aromatic rings. The predicted octanol–water partition coefficient (Wildman–Crippen LogP) is 3.57. The van der Waals surface area contributed by atoms with Crippen LogP contribution in [0.5, 0.6) is 0 Å². The van der Waals surface area contributed by atoms with Crippen LogP contribution in [0.15, 0.2) is 28.7 Å². The SMILES string of the molecule is CC(C)CC(=O)NC(C(=O)Nc1cccc(Br)c1)C(C)C. The first-order valence-electron chi connectivity index (χ1n) is 7.15. The highest BCUT2D eigenvalue weighted by atomic mass is 79.9. The molecule has 0 aliphatic carbocycles. The quantitative estimate of drug-likeness (QED) is 0.820. The maximum atomic E-state index is 12.3. The molecule has 0 spiro atoms. The Balaban J connectivity index is 2.71. The summed E-state index contributed by atoms with van der Waals surface area (Å²) in [5, 5.41) is 5.66. The highest BCUT2D eigenvalue weighted by molar-refractivity contribution is 9.10. The van der Waals surface area contributed by atoms with Gasteiger partial charge >= 0.3 is 0 Å². The van der Waals surface area contributed by atoms with Crippen LogP contribution in [-0.4, -0.2) is 17.9 Å². The number of hydrogen-bond acceptors (Lipinski definition) is 2. The maximum Gasteiger partial charge on any atom is 0.247 e. The van der Waals surface area contributed by atoms with Gasteiger partial charge in [0.05, 0.1) is 0 Å². The molecule has 0 saturated heterocycles. The number of rotatable bonds is 6. The van der Waals surface area contributed by atoms with Crippen molar-refractivity contribution < 1.29 is 9.59 Å². The summed E-state index contributed by atoms with van der Waals surface area (Å²) in [5.74, 6) is 0.00696. The van der Waals surface area contributed by atoms with Gasteiger partial charge < -0.3 is 10.6 Å². The van der Waals surface area contributed by atoms with E-state index in [-0.39, 0.29) is 23.7 Å². The summed E-state index contributed by atoms with van der Waals surface area (Å²) in [5.41, 5.74) is 0.707. The van der Waals surface area contributed by atoms with E-state index < -0.39 is 6.04 Å². The lowest BCUT2D eigenvalue weighted by Crippen LogP contribution is -2.47. The summed E-state index contributed by atoms with van der Waals surface area (Å²) in [4.78, 5) is 24.2. The van der Waals surface area contributed by atoms with Crippen molar-refractivity contribution in [2.45, 2.75) is 40.2 Å². The Morgan fingerprint density at radius 2 is 1.86 bits per heavy atom. The Kier molecular flexibility index (Phi) is 6.89. The van der Waals surface area contributed by atoms with Crippen molar-refractivity contribution in [1.82, 2.24) is 5.32 Å². The van der Waals surface area contributed by atoms with Gasteiger partial charge in [0.2, 0.25) is 11.8 Å². The summed E-state index contributed by atoms with van der Waals surface area (Å²) in [6.45, 7) is 7.79. The van der Waals surface area contributed by atoms with Crippen molar-refractivity contribution in [3.05, 3.63) is 28.7 Å². The molecule has 21 heavy (non-hydrogen) atoms. The van der Waals surface area contributed by atoms with Crippen molar-refractivity contribution in [2.24, 2.45) is 11.8 Å². The molecule has 1 rings (SSSR count). The highest BCUT2D eigenvalue weighted by Crippen LogP contribution is 2.16. The minimum absolute atomic E-state index is 0.0215. The van der Waals surface area contributed by atoms with Crippen LogP contribution in [0.1, 0.15) is 34.1 Å². The van der Waals surface area contributed by atoms with Crippen molar-refractivity contribution in [1.29, 1.82) is 0 Å². The molecule has 0 bridgehead atoms. The molecule has 1 unspecified atom stereocenters. The fourth-order valence-electron chi connectivity index (χ4n) is 1.92. The Hall–Kier alpha value is -1.36. The summed E-state index contributed by atoms with van der Waals surface area (Å²) >= 11 is 3.36. The molecule has 0 aliphatic heterocycles. The Labute approximate surface area is 134 Å². The molecule has 0 aromatic heterocycles. The number of carbonyl (C=O) groups is 2. The van der Waals surface area contributed by atoms with Crippen LogP contribution in [0.25, 0.3) is 0 Å². The van der Waals surface area contributed by atoms with Crippen LogP contribution in [0.3, 0.4) is 0 Å². The Morgan fingerprint density at radius 3 is 2.38 bits per heavy atom. The number of halogens is 1. The van der Waals surface area contributed by atoms with Crippen molar-refractivity contribution in [3.63, 3.8) is 0 Å². The van der Waals surface area contributed by atoms with E-state index in [1.807, 2.05) is 52.0 Å². The van der Waals surface area contributed by atoms with Crippen LogP contribution in [0.4, 0.5) is 5.69 Å². The first-order chi connectivity index (χ1) is 9.79. The number of benzene rings is 1. The molecule has 2 amide bonds. The second-order valence-corrected chi connectivity index (χ2v) is 6.80. The number of anilines is 1. The first kappa shape index (κ1) is 17.7. The normalized spacial score (nSPS) is 12.3. The summed E-state index contributed by atoms with van der Waals surface area (Å²) in [7, 11) is 0. The lowest BCUT2D eigenvalue weighted by molar-refractivity contribution is -0.127. The molecular weight excluding hydrogens is 332 g/mol. The van der Waals surface area contributed by atoms with E-state index >= 15 is 0 Å². The van der Waals surface area contributed by atoms with E-state index in [4.69, 9.17) is 0 Å². The number of amides is 2. The van der Waals surface area contributed by atoms with Crippen LogP contribution < -0.4 is 10.6 Å². The second-order valence-electron chi connectivity index (χ2n) is 5.89. The Bertz CT molecular complexity index is 501. The largest absolute Gasteiger partial charge is 0.344 e. The molecule has 0 aliphatic rings. The molecular formula is C16H23BrN2O2. The van der Waals surface area contributed by atoms with E-state index in [1.54, 1.807) is 0 Å². The summed E-state index contributed by atoms with van der Waals surface area (Å²) < 4.78 is 0.894. The zero-order valence-corrected chi connectivity index (χ0v) is 14.5. The average molecular weight is 355 g/mol. The third kappa shape index (κ3) is 6.29. The minimum Gasteiger partial charge on any atom is -0.344 e.